The van der Waals surface area contributed by atoms with Crippen LogP contribution < -0.4 is 16.4 Å². The Labute approximate surface area is 156 Å². The molecule has 4 rings (SSSR count). The molecule has 1 aromatic rings. The number of hydrogen-bond donors (Lipinski definition) is 3. The van der Waals surface area contributed by atoms with Gasteiger partial charge in [0.25, 0.3) is 11.8 Å². The van der Waals surface area contributed by atoms with Crippen molar-refractivity contribution in [3.8, 4) is 0 Å². The maximum absolute atomic E-state index is 12.8. The number of rotatable bonds is 4. The molecule has 27 heavy (non-hydrogen) atoms. The first-order valence-corrected chi connectivity index (χ1v) is 9.30. The van der Waals surface area contributed by atoms with Crippen LogP contribution in [0.15, 0.2) is 18.2 Å². The molecule has 142 valence electrons. The van der Waals surface area contributed by atoms with Gasteiger partial charge in [0.15, 0.2) is 0 Å². The zero-order valence-electron chi connectivity index (χ0n) is 14.9. The number of hydrogen-bond acceptors (Lipinski definition) is 6. The van der Waals surface area contributed by atoms with Gasteiger partial charge in [-0.1, -0.05) is 0 Å². The number of carbonyl (C=O) groups excluding carboxylic acids is 4. The molecule has 3 atom stereocenters. The van der Waals surface area contributed by atoms with Gasteiger partial charge in [-0.2, -0.15) is 0 Å². The van der Waals surface area contributed by atoms with E-state index in [1.165, 1.54) is 0 Å². The molecule has 0 spiro atoms. The summed E-state index contributed by atoms with van der Waals surface area (Å²) in [6.07, 6.45) is 3.36. The summed E-state index contributed by atoms with van der Waals surface area (Å²) in [5.41, 5.74) is 7.10. The predicted octanol–water partition coefficient (Wildman–Crippen LogP) is 0.627. The van der Waals surface area contributed by atoms with Crippen molar-refractivity contribution < 1.29 is 19.2 Å². The minimum Gasteiger partial charge on any atom is -0.382 e. The van der Waals surface area contributed by atoms with E-state index in [4.69, 9.17) is 5.73 Å². The van der Waals surface area contributed by atoms with Crippen molar-refractivity contribution in [1.29, 1.82) is 0 Å². The minimum absolute atomic E-state index is 0.112. The number of nitrogens with two attached hydrogens (primary N) is 1. The highest BCUT2D eigenvalue weighted by Crippen LogP contribution is 2.32. The van der Waals surface area contributed by atoms with Gasteiger partial charge >= 0.3 is 0 Å². The van der Waals surface area contributed by atoms with Crippen LogP contribution >= 0.6 is 0 Å². The van der Waals surface area contributed by atoms with Gasteiger partial charge in [0.1, 0.15) is 6.04 Å². The number of piperidine rings is 1. The molecule has 4 amide bonds. The van der Waals surface area contributed by atoms with E-state index in [0.717, 1.165) is 29.8 Å². The van der Waals surface area contributed by atoms with Crippen molar-refractivity contribution in [2.75, 3.05) is 11.9 Å². The molecule has 2 heterocycles. The highest BCUT2D eigenvalue weighted by Gasteiger charge is 2.44. The molecular formula is C19H22N4O4. The second-order valence-corrected chi connectivity index (χ2v) is 7.46. The summed E-state index contributed by atoms with van der Waals surface area (Å²) in [5, 5.41) is 5.61. The van der Waals surface area contributed by atoms with Crippen LogP contribution in [0.4, 0.5) is 5.69 Å². The quantitative estimate of drug-likeness (QED) is 0.668. The van der Waals surface area contributed by atoms with E-state index in [1.807, 2.05) is 0 Å². The highest BCUT2D eigenvalue weighted by atomic mass is 16.2. The van der Waals surface area contributed by atoms with Crippen LogP contribution in [0.1, 0.15) is 52.8 Å². The molecule has 1 saturated carbocycles. The zero-order valence-corrected chi connectivity index (χ0v) is 14.9. The van der Waals surface area contributed by atoms with Crippen molar-refractivity contribution >= 4 is 29.3 Å². The maximum atomic E-state index is 12.8. The number of amides is 4. The second kappa shape index (κ2) is 6.77. The number of nitrogens with zero attached hydrogens (tertiary/aromatic N) is 1. The lowest BCUT2D eigenvalue weighted by molar-refractivity contribution is -0.136. The summed E-state index contributed by atoms with van der Waals surface area (Å²) >= 11 is 0. The van der Waals surface area contributed by atoms with Crippen LogP contribution in [0, 0.1) is 5.92 Å². The summed E-state index contributed by atoms with van der Waals surface area (Å²) in [5.74, 6) is -1.44. The Morgan fingerprint density at radius 1 is 1.07 bits per heavy atom. The monoisotopic (exact) mass is 370 g/mol. The van der Waals surface area contributed by atoms with Gasteiger partial charge in [0.05, 0.1) is 11.1 Å². The van der Waals surface area contributed by atoms with Gasteiger partial charge in [-0.15, -0.1) is 0 Å². The average Bonchev–Trinajstić information content (AvgIpc) is 3.19. The molecule has 0 radical (unpaired) electrons. The molecule has 3 unspecified atom stereocenters. The molecule has 4 N–H and O–H groups in total. The lowest BCUT2D eigenvalue weighted by atomic mass is 10.0. The normalized spacial score (nSPS) is 27.7. The predicted molar refractivity (Wildman–Crippen MR) is 96.9 cm³/mol. The lowest BCUT2D eigenvalue weighted by Gasteiger charge is -2.27. The standard InChI is InChI=1S/C19H22N4O4/c20-9-10-1-2-11(7-10)21-12-3-4-13-14(8-12)19(27)23(18(13)26)15-5-6-16(24)22-17(15)25/h3-4,8,10-11,15,21H,1-2,5-7,9,20H2,(H,22,24,25). The third kappa shape index (κ3) is 3.10. The van der Waals surface area contributed by atoms with Gasteiger partial charge < -0.3 is 11.1 Å². The number of nitrogens with one attached hydrogen (secondary N) is 2. The third-order valence-corrected chi connectivity index (χ3v) is 5.69. The van der Waals surface area contributed by atoms with Crippen molar-refractivity contribution in [3.63, 3.8) is 0 Å². The van der Waals surface area contributed by atoms with Crippen molar-refractivity contribution in [2.24, 2.45) is 11.7 Å². The molecule has 2 fully saturated rings. The van der Waals surface area contributed by atoms with E-state index in [0.29, 0.717) is 29.6 Å². The SMILES string of the molecule is NCC1CCC(Nc2ccc3c(c2)C(=O)N(C2CCC(=O)NC2=O)C3=O)C1. The number of imide groups is 2. The first kappa shape index (κ1) is 17.7. The molecule has 3 aliphatic rings. The number of carbonyl (C=O) groups is 4. The van der Waals surface area contributed by atoms with Gasteiger partial charge in [-0.05, 0) is 56.3 Å². The van der Waals surface area contributed by atoms with Gasteiger partial charge in [-0.3, -0.25) is 29.4 Å². The van der Waals surface area contributed by atoms with E-state index < -0.39 is 23.8 Å². The van der Waals surface area contributed by atoms with E-state index in [-0.39, 0.29) is 18.7 Å². The van der Waals surface area contributed by atoms with Crippen LogP contribution in [-0.2, 0) is 9.59 Å². The molecule has 8 nitrogen and oxygen atoms in total. The molecule has 1 aromatic carbocycles. The fourth-order valence-electron chi connectivity index (χ4n) is 4.22. The molecule has 1 aliphatic carbocycles. The molecule has 0 bridgehead atoms. The zero-order chi connectivity index (χ0) is 19.1. The molecule has 0 aromatic heterocycles. The Morgan fingerprint density at radius 2 is 1.85 bits per heavy atom. The van der Waals surface area contributed by atoms with Gasteiger partial charge in [-0.25, -0.2) is 0 Å². The topological polar surface area (TPSA) is 122 Å². The highest BCUT2D eigenvalue weighted by molar-refractivity contribution is 6.23. The van der Waals surface area contributed by atoms with Crippen molar-refractivity contribution in [3.05, 3.63) is 29.3 Å². The van der Waals surface area contributed by atoms with Crippen LogP contribution in [0.25, 0.3) is 0 Å². The summed E-state index contributed by atoms with van der Waals surface area (Å²) < 4.78 is 0. The smallest absolute Gasteiger partial charge is 0.262 e. The van der Waals surface area contributed by atoms with Gasteiger partial charge in [0, 0.05) is 18.2 Å². The fraction of sp³-hybridized carbons (Fsp3) is 0.474. The second-order valence-electron chi connectivity index (χ2n) is 7.46. The van der Waals surface area contributed by atoms with Crippen molar-refractivity contribution in [1.82, 2.24) is 10.2 Å². The maximum Gasteiger partial charge on any atom is 0.262 e. The van der Waals surface area contributed by atoms with Crippen LogP contribution in [-0.4, -0.2) is 47.2 Å². The minimum atomic E-state index is -0.938. The number of fused-ring (bicyclic) bond motifs is 1. The van der Waals surface area contributed by atoms with E-state index in [1.54, 1.807) is 18.2 Å². The van der Waals surface area contributed by atoms with Crippen LogP contribution in [0.2, 0.25) is 0 Å². The van der Waals surface area contributed by atoms with E-state index in [2.05, 4.69) is 10.6 Å². The Balaban J connectivity index is 1.53. The first-order chi connectivity index (χ1) is 13.0. The lowest BCUT2D eigenvalue weighted by Crippen LogP contribution is -2.54. The molecule has 2 aliphatic heterocycles. The van der Waals surface area contributed by atoms with Crippen molar-refractivity contribution in [2.45, 2.75) is 44.2 Å². The Morgan fingerprint density at radius 3 is 2.56 bits per heavy atom. The Kier molecular flexibility index (Phi) is 4.43. The Bertz CT molecular complexity index is 837. The summed E-state index contributed by atoms with van der Waals surface area (Å²) in [6, 6.07) is 4.45. The number of benzene rings is 1. The Hall–Kier alpha value is -2.74. The molecule has 1 saturated heterocycles. The summed E-state index contributed by atoms with van der Waals surface area (Å²) in [6.45, 7) is 0.677. The van der Waals surface area contributed by atoms with Crippen LogP contribution in [0.3, 0.4) is 0 Å². The van der Waals surface area contributed by atoms with Crippen LogP contribution in [0.5, 0.6) is 0 Å². The van der Waals surface area contributed by atoms with Gasteiger partial charge in [0.2, 0.25) is 11.8 Å². The summed E-state index contributed by atoms with van der Waals surface area (Å²) in [7, 11) is 0. The molecule has 8 heteroatoms. The average molecular weight is 370 g/mol. The van der Waals surface area contributed by atoms with E-state index in [9.17, 15) is 19.2 Å². The summed E-state index contributed by atoms with van der Waals surface area (Å²) in [4.78, 5) is 49.9. The third-order valence-electron chi connectivity index (χ3n) is 5.69. The van der Waals surface area contributed by atoms with E-state index >= 15 is 0 Å². The largest absolute Gasteiger partial charge is 0.382 e. The fourth-order valence-corrected chi connectivity index (χ4v) is 4.22. The number of anilines is 1. The molecular weight excluding hydrogens is 348 g/mol. The first-order valence-electron chi connectivity index (χ1n) is 9.30.